The summed E-state index contributed by atoms with van der Waals surface area (Å²) in [6.07, 6.45) is 0. The van der Waals surface area contributed by atoms with E-state index < -0.39 is 0 Å². The molecule has 4 rings (SSSR count). The van der Waals surface area contributed by atoms with Gasteiger partial charge in [-0.15, -0.1) is 0 Å². The van der Waals surface area contributed by atoms with Crippen LogP contribution < -0.4 is 5.32 Å². The topological polar surface area (TPSA) is 35.6 Å². The van der Waals surface area contributed by atoms with Crippen LogP contribution in [-0.4, -0.2) is 55.5 Å². The molecule has 4 nitrogen and oxygen atoms in total. The second-order valence-corrected chi connectivity index (χ2v) is 7.74. The maximum atomic E-state index is 13.0. The summed E-state index contributed by atoms with van der Waals surface area (Å²) in [7, 11) is 2.23. The minimum absolute atomic E-state index is 0.142. The molecule has 2 aromatic carbocycles. The monoisotopic (exact) mass is 367 g/mol. The number of nitrogens with zero attached hydrogens (tertiary/aromatic N) is 2. The second kappa shape index (κ2) is 7.79. The van der Waals surface area contributed by atoms with Gasteiger partial charge in [-0.1, -0.05) is 30.3 Å². The summed E-state index contributed by atoms with van der Waals surface area (Å²) < 4.78 is 13.0. The number of carbonyl (C=O) groups is 1. The van der Waals surface area contributed by atoms with Crippen molar-refractivity contribution >= 4 is 5.91 Å². The van der Waals surface area contributed by atoms with Crippen LogP contribution in [-0.2, 0) is 0 Å². The van der Waals surface area contributed by atoms with Gasteiger partial charge in [-0.2, -0.15) is 0 Å². The molecule has 3 atom stereocenters. The predicted molar refractivity (Wildman–Crippen MR) is 104 cm³/mol. The molecule has 2 saturated heterocycles. The van der Waals surface area contributed by atoms with Crippen LogP contribution in [0.1, 0.15) is 22.0 Å². The normalized spacial score (nSPS) is 25.5. The number of amides is 1. The van der Waals surface area contributed by atoms with E-state index in [0.29, 0.717) is 30.0 Å². The first-order chi connectivity index (χ1) is 13.1. The number of hydrogen-bond donors (Lipinski definition) is 1. The van der Waals surface area contributed by atoms with Gasteiger partial charge in [0.15, 0.2) is 0 Å². The molecule has 2 fully saturated rings. The van der Waals surface area contributed by atoms with E-state index >= 15 is 0 Å². The van der Waals surface area contributed by atoms with E-state index in [0.717, 1.165) is 26.2 Å². The molecule has 5 heteroatoms. The molecule has 2 aromatic rings. The SMILES string of the molecule is CN1CC2CN(CCNC(=O)c3ccc(F)cc3)CC2C1c1ccccc1. The fourth-order valence-electron chi connectivity index (χ4n) is 4.72. The highest BCUT2D eigenvalue weighted by Gasteiger charge is 2.45. The first-order valence-corrected chi connectivity index (χ1v) is 9.63. The van der Waals surface area contributed by atoms with E-state index in [2.05, 4.69) is 52.5 Å². The lowest BCUT2D eigenvalue weighted by molar-refractivity contribution is 0.0948. The van der Waals surface area contributed by atoms with Gasteiger partial charge in [0.1, 0.15) is 5.82 Å². The molecule has 27 heavy (non-hydrogen) atoms. The van der Waals surface area contributed by atoms with Crippen LogP contribution in [0.25, 0.3) is 0 Å². The molecule has 0 aliphatic carbocycles. The van der Waals surface area contributed by atoms with Crippen LogP contribution >= 0.6 is 0 Å². The van der Waals surface area contributed by atoms with E-state index in [-0.39, 0.29) is 11.7 Å². The Morgan fingerprint density at radius 2 is 1.81 bits per heavy atom. The number of halogens is 1. The molecule has 0 aromatic heterocycles. The van der Waals surface area contributed by atoms with Gasteiger partial charge in [0.05, 0.1) is 0 Å². The average molecular weight is 367 g/mol. The zero-order chi connectivity index (χ0) is 18.8. The third-order valence-corrected chi connectivity index (χ3v) is 5.93. The summed E-state index contributed by atoms with van der Waals surface area (Å²) in [6.45, 7) is 4.75. The Hall–Kier alpha value is -2.24. The Labute approximate surface area is 160 Å². The maximum Gasteiger partial charge on any atom is 0.251 e. The van der Waals surface area contributed by atoms with Crippen molar-refractivity contribution in [2.24, 2.45) is 11.8 Å². The fourth-order valence-corrected chi connectivity index (χ4v) is 4.72. The molecule has 2 heterocycles. The van der Waals surface area contributed by atoms with Crippen molar-refractivity contribution in [1.29, 1.82) is 0 Å². The molecule has 142 valence electrons. The van der Waals surface area contributed by atoms with Crippen LogP contribution in [0, 0.1) is 17.7 Å². The smallest absolute Gasteiger partial charge is 0.251 e. The molecule has 3 unspecified atom stereocenters. The van der Waals surface area contributed by atoms with Crippen LogP contribution in [0.3, 0.4) is 0 Å². The van der Waals surface area contributed by atoms with Crippen molar-refractivity contribution < 1.29 is 9.18 Å². The first kappa shape index (κ1) is 18.1. The van der Waals surface area contributed by atoms with Crippen LogP contribution in [0.5, 0.6) is 0 Å². The zero-order valence-corrected chi connectivity index (χ0v) is 15.6. The van der Waals surface area contributed by atoms with Crippen LogP contribution in [0.2, 0.25) is 0 Å². The third-order valence-electron chi connectivity index (χ3n) is 5.93. The molecule has 2 aliphatic heterocycles. The predicted octanol–water partition coefficient (Wildman–Crippen LogP) is 2.79. The third kappa shape index (κ3) is 3.89. The summed E-state index contributed by atoms with van der Waals surface area (Å²) in [5.41, 5.74) is 1.90. The van der Waals surface area contributed by atoms with Crippen molar-refractivity contribution in [3.63, 3.8) is 0 Å². The van der Waals surface area contributed by atoms with Gasteiger partial charge in [0.25, 0.3) is 5.91 Å². The van der Waals surface area contributed by atoms with E-state index in [1.54, 1.807) is 0 Å². The van der Waals surface area contributed by atoms with Crippen molar-refractivity contribution in [2.45, 2.75) is 6.04 Å². The van der Waals surface area contributed by atoms with E-state index in [4.69, 9.17) is 0 Å². The maximum absolute atomic E-state index is 13.0. The van der Waals surface area contributed by atoms with E-state index in [9.17, 15) is 9.18 Å². The van der Waals surface area contributed by atoms with Gasteiger partial charge in [-0.05, 0) is 48.7 Å². The van der Waals surface area contributed by atoms with Gasteiger partial charge >= 0.3 is 0 Å². The number of likely N-dealkylation sites (tertiary alicyclic amines) is 2. The number of carbonyl (C=O) groups excluding carboxylic acids is 1. The summed E-state index contributed by atoms with van der Waals surface area (Å²) in [6, 6.07) is 16.9. The molecule has 0 radical (unpaired) electrons. The van der Waals surface area contributed by atoms with E-state index in [1.807, 2.05) is 0 Å². The van der Waals surface area contributed by atoms with Gasteiger partial charge in [-0.3, -0.25) is 9.69 Å². The zero-order valence-electron chi connectivity index (χ0n) is 15.6. The van der Waals surface area contributed by atoms with Gasteiger partial charge in [-0.25, -0.2) is 4.39 Å². The minimum atomic E-state index is -0.326. The lowest BCUT2D eigenvalue weighted by Gasteiger charge is -2.26. The fraction of sp³-hybridized carbons (Fsp3) is 0.409. The number of nitrogens with one attached hydrogen (secondary N) is 1. The Kier molecular flexibility index (Phi) is 5.23. The van der Waals surface area contributed by atoms with Crippen LogP contribution in [0.4, 0.5) is 4.39 Å². The highest BCUT2D eigenvalue weighted by atomic mass is 19.1. The number of benzene rings is 2. The standard InChI is InChI=1S/C22H26FN3O/c1-25-13-18-14-26(15-20(18)21(25)16-5-3-2-4-6-16)12-11-24-22(27)17-7-9-19(23)10-8-17/h2-10,18,20-21H,11-15H2,1H3,(H,24,27). The molecule has 0 saturated carbocycles. The summed E-state index contributed by atoms with van der Waals surface area (Å²) >= 11 is 0. The summed E-state index contributed by atoms with van der Waals surface area (Å²) in [5, 5.41) is 2.95. The highest BCUT2D eigenvalue weighted by Crippen LogP contribution is 2.43. The molecule has 0 bridgehead atoms. The van der Waals surface area contributed by atoms with E-state index in [1.165, 1.54) is 29.8 Å². The lowest BCUT2D eigenvalue weighted by Crippen LogP contribution is -2.36. The Balaban J connectivity index is 1.30. The minimum Gasteiger partial charge on any atom is -0.351 e. The van der Waals surface area contributed by atoms with Crippen molar-refractivity contribution in [2.75, 3.05) is 39.8 Å². The van der Waals surface area contributed by atoms with Gasteiger partial charge in [0, 0.05) is 44.3 Å². The van der Waals surface area contributed by atoms with Crippen LogP contribution in [0.15, 0.2) is 54.6 Å². The Bertz CT molecular complexity index is 780. The second-order valence-electron chi connectivity index (χ2n) is 7.74. The van der Waals surface area contributed by atoms with Crippen molar-refractivity contribution in [1.82, 2.24) is 15.1 Å². The molecule has 1 amide bonds. The molecule has 1 N–H and O–H groups in total. The van der Waals surface area contributed by atoms with Gasteiger partial charge < -0.3 is 10.2 Å². The van der Waals surface area contributed by atoms with Crippen molar-refractivity contribution in [3.05, 3.63) is 71.5 Å². The summed E-state index contributed by atoms with van der Waals surface area (Å²) in [5.74, 6) is 0.864. The Morgan fingerprint density at radius 1 is 1.07 bits per heavy atom. The first-order valence-electron chi connectivity index (χ1n) is 9.63. The largest absolute Gasteiger partial charge is 0.351 e. The lowest BCUT2D eigenvalue weighted by atomic mass is 9.90. The molecular weight excluding hydrogens is 341 g/mol. The Morgan fingerprint density at radius 3 is 2.56 bits per heavy atom. The van der Waals surface area contributed by atoms with Crippen molar-refractivity contribution in [3.8, 4) is 0 Å². The van der Waals surface area contributed by atoms with Gasteiger partial charge in [0.2, 0.25) is 0 Å². The molecule has 0 spiro atoms. The number of rotatable bonds is 5. The average Bonchev–Trinajstić information content (AvgIpc) is 3.18. The summed E-state index contributed by atoms with van der Waals surface area (Å²) in [4.78, 5) is 17.1. The highest BCUT2D eigenvalue weighted by molar-refractivity contribution is 5.94. The molecular formula is C22H26FN3O. The quantitative estimate of drug-likeness (QED) is 0.883. The number of fused-ring (bicyclic) bond motifs is 1. The number of hydrogen-bond acceptors (Lipinski definition) is 3. The molecule has 2 aliphatic rings.